The van der Waals surface area contributed by atoms with Gasteiger partial charge in [-0.3, -0.25) is 0 Å². The number of aliphatic imine (C=N–C) groups is 1. The number of esters is 1. The minimum Gasteiger partial charge on any atom is -0.493 e. The van der Waals surface area contributed by atoms with Crippen LogP contribution in [0.2, 0.25) is 0 Å². The highest BCUT2D eigenvalue weighted by Gasteiger charge is 2.27. The number of hydrogen-bond donors (Lipinski definition) is 0. The average Bonchev–Trinajstić information content (AvgIpc) is 2.84. The van der Waals surface area contributed by atoms with E-state index in [-0.39, 0.29) is 5.90 Å². The summed E-state index contributed by atoms with van der Waals surface area (Å²) < 4.78 is 15.8. The topological polar surface area (TPSA) is 57.1 Å². The van der Waals surface area contributed by atoms with E-state index in [0.29, 0.717) is 28.3 Å². The first kappa shape index (κ1) is 13.2. The van der Waals surface area contributed by atoms with Gasteiger partial charge < -0.3 is 14.2 Å². The third kappa shape index (κ3) is 2.23. The molecule has 0 bridgehead atoms. The number of nitrogens with zero attached hydrogens (tertiary/aromatic N) is 1. The third-order valence-electron chi connectivity index (χ3n) is 3.17. The molecule has 0 aromatic heterocycles. The van der Waals surface area contributed by atoms with Gasteiger partial charge in [-0.2, -0.15) is 0 Å². The van der Waals surface area contributed by atoms with E-state index in [4.69, 9.17) is 14.2 Å². The largest absolute Gasteiger partial charge is 0.493 e. The summed E-state index contributed by atoms with van der Waals surface area (Å²) in [4.78, 5) is 16.2. The first-order chi connectivity index (χ1) is 10.2. The molecule has 21 heavy (non-hydrogen) atoms. The fraction of sp³-hybridized carbons (Fsp3) is 0.125. The van der Waals surface area contributed by atoms with Gasteiger partial charge in [0.05, 0.1) is 25.3 Å². The monoisotopic (exact) mass is 283 g/mol. The van der Waals surface area contributed by atoms with Crippen LogP contribution in [0.4, 0.5) is 5.69 Å². The van der Waals surface area contributed by atoms with Gasteiger partial charge in [0, 0.05) is 0 Å². The van der Waals surface area contributed by atoms with Crippen molar-refractivity contribution in [1.82, 2.24) is 0 Å². The van der Waals surface area contributed by atoms with E-state index >= 15 is 0 Å². The predicted octanol–water partition coefficient (Wildman–Crippen LogP) is 2.95. The Morgan fingerprint density at radius 3 is 2.43 bits per heavy atom. The molecule has 2 aromatic rings. The summed E-state index contributed by atoms with van der Waals surface area (Å²) in [6.07, 6.45) is 0. The molecule has 0 saturated carbocycles. The molecule has 0 saturated heterocycles. The van der Waals surface area contributed by atoms with E-state index in [1.165, 1.54) is 7.11 Å². The number of fused-ring (bicyclic) bond motifs is 1. The van der Waals surface area contributed by atoms with Gasteiger partial charge in [-0.05, 0) is 24.3 Å². The zero-order valence-corrected chi connectivity index (χ0v) is 11.6. The molecule has 5 heteroatoms. The third-order valence-corrected chi connectivity index (χ3v) is 3.17. The first-order valence-electron chi connectivity index (χ1n) is 6.36. The van der Waals surface area contributed by atoms with Gasteiger partial charge in [0.15, 0.2) is 11.5 Å². The van der Waals surface area contributed by atoms with Crippen LogP contribution in [0.3, 0.4) is 0 Å². The molecule has 0 spiro atoms. The van der Waals surface area contributed by atoms with Crippen molar-refractivity contribution >= 4 is 17.6 Å². The Hall–Kier alpha value is -2.82. The van der Waals surface area contributed by atoms with Crippen molar-refractivity contribution in [3.05, 3.63) is 53.6 Å². The number of carbonyl (C=O) groups excluding carboxylic acids is 1. The smallest absolute Gasteiger partial charge is 0.345 e. The molecule has 2 aromatic carbocycles. The van der Waals surface area contributed by atoms with E-state index in [2.05, 4.69) is 4.99 Å². The molecule has 0 unspecified atom stereocenters. The molecule has 0 fully saturated rings. The summed E-state index contributed by atoms with van der Waals surface area (Å²) in [6, 6.07) is 12.5. The lowest BCUT2D eigenvalue weighted by molar-refractivity contribution is 0.0737. The maximum absolute atomic E-state index is 11.8. The molecular weight excluding hydrogens is 270 g/mol. The fourth-order valence-corrected chi connectivity index (χ4v) is 2.20. The van der Waals surface area contributed by atoms with Crippen molar-refractivity contribution in [2.45, 2.75) is 0 Å². The van der Waals surface area contributed by atoms with Crippen molar-refractivity contribution < 1.29 is 19.0 Å². The highest BCUT2D eigenvalue weighted by molar-refractivity contribution is 6.17. The van der Waals surface area contributed by atoms with E-state index in [1.54, 1.807) is 43.5 Å². The number of hydrogen-bond acceptors (Lipinski definition) is 5. The molecule has 1 heterocycles. The van der Waals surface area contributed by atoms with Crippen LogP contribution in [0.5, 0.6) is 11.5 Å². The van der Waals surface area contributed by atoms with Gasteiger partial charge in [-0.15, -0.1) is 0 Å². The second-order valence-corrected chi connectivity index (χ2v) is 4.36. The molecule has 0 aliphatic carbocycles. The molecule has 3 rings (SSSR count). The van der Waals surface area contributed by atoms with Crippen LogP contribution in [0.15, 0.2) is 47.5 Å². The standard InChI is InChI=1S/C16H13NO4/c1-19-13-9-5-8-12(14(13)20-2)17-15-10-6-3-4-7-11(10)16(18)21-15/h3-9H,1-2H3/b17-15-. The second kappa shape index (κ2) is 5.28. The van der Waals surface area contributed by atoms with E-state index in [9.17, 15) is 4.79 Å². The van der Waals surface area contributed by atoms with E-state index in [0.717, 1.165) is 0 Å². The number of carbonyl (C=O) groups is 1. The first-order valence-corrected chi connectivity index (χ1v) is 6.36. The van der Waals surface area contributed by atoms with Crippen LogP contribution >= 0.6 is 0 Å². The molecule has 1 aliphatic heterocycles. The molecule has 1 aliphatic rings. The van der Waals surface area contributed by atoms with Gasteiger partial charge in [-0.25, -0.2) is 9.79 Å². The van der Waals surface area contributed by atoms with Crippen molar-refractivity contribution in [2.75, 3.05) is 14.2 Å². The maximum Gasteiger partial charge on any atom is 0.345 e. The summed E-state index contributed by atoms with van der Waals surface area (Å²) in [7, 11) is 3.09. The van der Waals surface area contributed by atoms with Crippen LogP contribution in [0.25, 0.3) is 0 Å². The average molecular weight is 283 g/mol. The Bertz CT molecular complexity index is 737. The SMILES string of the molecule is COc1cccc(/N=C2\OC(=O)c3ccccc32)c1OC. The Morgan fingerprint density at radius 2 is 1.71 bits per heavy atom. The zero-order valence-electron chi connectivity index (χ0n) is 11.6. The molecule has 5 nitrogen and oxygen atoms in total. The molecule has 0 atom stereocenters. The number of para-hydroxylation sites is 1. The van der Waals surface area contributed by atoms with Gasteiger partial charge >= 0.3 is 5.97 Å². The number of methoxy groups -OCH3 is 2. The van der Waals surface area contributed by atoms with Crippen LogP contribution in [0.1, 0.15) is 15.9 Å². The van der Waals surface area contributed by atoms with E-state index in [1.807, 2.05) is 6.07 Å². The molecule has 0 N–H and O–H groups in total. The van der Waals surface area contributed by atoms with Crippen LogP contribution in [0, 0.1) is 0 Å². The Balaban J connectivity index is 2.10. The van der Waals surface area contributed by atoms with Crippen molar-refractivity contribution in [2.24, 2.45) is 4.99 Å². The minimum absolute atomic E-state index is 0.266. The van der Waals surface area contributed by atoms with Gasteiger partial charge in [0.25, 0.3) is 0 Å². The Morgan fingerprint density at radius 1 is 0.952 bits per heavy atom. The Kier molecular flexibility index (Phi) is 3.31. The summed E-state index contributed by atoms with van der Waals surface area (Å²) in [5.74, 6) is 0.929. The van der Waals surface area contributed by atoms with Crippen LogP contribution < -0.4 is 9.47 Å². The minimum atomic E-state index is -0.397. The van der Waals surface area contributed by atoms with Crippen LogP contribution in [-0.2, 0) is 4.74 Å². The lowest BCUT2D eigenvalue weighted by Crippen LogP contribution is -2.00. The lowest BCUT2D eigenvalue weighted by atomic mass is 10.1. The highest BCUT2D eigenvalue weighted by Crippen LogP contribution is 2.37. The number of cyclic esters (lactones) is 1. The number of ether oxygens (including phenoxy) is 3. The maximum atomic E-state index is 11.8. The van der Waals surface area contributed by atoms with E-state index < -0.39 is 5.97 Å². The van der Waals surface area contributed by atoms with Gasteiger partial charge in [-0.1, -0.05) is 18.2 Å². The summed E-state index contributed by atoms with van der Waals surface area (Å²) >= 11 is 0. The zero-order chi connectivity index (χ0) is 14.8. The normalized spacial score (nSPS) is 14.8. The second-order valence-electron chi connectivity index (χ2n) is 4.36. The van der Waals surface area contributed by atoms with Gasteiger partial charge in [0.2, 0.25) is 5.90 Å². The fourth-order valence-electron chi connectivity index (χ4n) is 2.20. The summed E-state index contributed by atoms with van der Waals surface area (Å²) in [5.41, 5.74) is 1.72. The van der Waals surface area contributed by atoms with Crippen molar-refractivity contribution in [3.63, 3.8) is 0 Å². The van der Waals surface area contributed by atoms with Gasteiger partial charge in [0.1, 0.15) is 5.69 Å². The molecule has 0 amide bonds. The highest BCUT2D eigenvalue weighted by atomic mass is 16.5. The summed E-state index contributed by atoms with van der Waals surface area (Å²) in [6.45, 7) is 0. The number of benzene rings is 2. The Labute approximate surface area is 121 Å². The molecule has 0 radical (unpaired) electrons. The quantitative estimate of drug-likeness (QED) is 0.813. The predicted molar refractivity (Wildman–Crippen MR) is 77.6 cm³/mol. The van der Waals surface area contributed by atoms with Crippen LogP contribution in [-0.4, -0.2) is 26.1 Å². The number of rotatable bonds is 3. The summed E-state index contributed by atoms with van der Waals surface area (Å²) in [5, 5.41) is 0. The molecular formula is C16H13NO4. The van der Waals surface area contributed by atoms with Crippen molar-refractivity contribution in [1.29, 1.82) is 0 Å². The van der Waals surface area contributed by atoms with Crippen molar-refractivity contribution in [3.8, 4) is 11.5 Å². The molecule has 106 valence electrons. The lowest BCUT2D eigenvalue weighted by Gasteiger charge is -2.09.